The zero-order valence-electron chi connectivity index (χ0n) is 13.6. The SMILES string of the molecule is NC(=O)CSc1nc2ccc(N3C(=O)[C@@H]4[C@@H](C3=O)[C@H]3C=C[C@H]4C3)cc2s1. The van der Waals surface area contributed by atoms with Crippen LogP contribution in [0.15, 0.2) is 34.7 Å². The maximum Gasteiger partial charge on any atom is 0.238 e. The maximum absolute atomic E-state index is 12.9. The van der Waals surface area contributed by atoms with E-state index < -0.39 is 5.91 Å². The molecule has 5 rings (SSSR count). The lowest BCUT2D eigenvalue weighted by molar-refractivity contribution is -0.123. The van der Waals surface area contributed by atoms with Crippen molar-refractivity contribution in [3.8, 4) is 0 Å². The lowest BCUT2D eigenvalue weighted by Crippen LogP contribution is -2.32. The van der Waals surface area contributed by atoms with Crippen LogP contribution in [0.1, 0.15) is 6.42 Å². The summed E-state index contributed by atoms with van der Waals surface area (Å²) in [5, 5.41) is 0. The number of carbonyl (C=O) groups is 3. The summed E-state index contributed by atoms with van der Waals surface area (Å²) in [4.78, 5) is 42.6. The third-order valence-electron chi connectivity index (χ3n) is 5.42. The summed E-state index contributed by atoms with van der Waals surface area (Å²) in [6.07, 6.45) is 5.11. The van der Waals surface area contributed by atoms with Crippen molar-refractivity contribution in [3.05, 3.63) is 30.4 Å². The van der Waals surface area contributed by atoms with E-state index in [0.29, 0.717) is 5.69 Å². The second kappa shape index (κ2) is 5.65. The molecule has 2 heterocycles. The summed E-state index contributed by atoms with van der Waals surface area (Å²) in [6.45, 7) is 0. The average Bonchev–Trinajstić information content (AvgIpc) is 3.35. The summed E-state index contributed by atoms with van der Waals surface area (Å²) in [5.41, 5.74) is 6.57. The predicted octanol–water partition coefficient (Wildman–Crippen LogP) is 2.19. The predicted molar refractivity (Wildman–Crippen MR) is 99.7 cm³/mol. The van der Waals surface area contributed by atoms with Crippen LogP contribution < -0.4 is 10.6 Å². The van der Waals surface area contributed by atoms with E-state index in [-0.39, 0.29) is 41.2 Å². The van der Waals surface area contributed by atoms with Gasteiger partial charge in [-0.25, -0.2) is 9.88 Å². The van der Waals surface area contributed by atoms with E-state index in [9.17, 15) is 14.4 Å². The molecule has 132 valence electrons. The summed E-state index contributed by atoms with van der Waals surface area (Å²) < 4.78 is 1.63. The molecule has 3 aliphatic rings. The second-order valence-electron chi connectivity index (χ2n) is 6.90. The van der Waals surface area contributed by atoms with Crippen LogP contribution in [-0.2, 0) is 14.4 Å². The Morgan fingerprint density at radius 3 is 2.58 bits per heavy atom. The Hall–Kier alpha value is -2.19. The van der Waals surface area contributed by atoms with Gasteiger partial charge in [0.25, 0.3) is 0 Å². The topological polar surface area (TPSA) is 93.4 Å². The molecule has 1 saturated heterocycles. The molecule has 2 aromatic rings. The van der Waals surface area contributed by atoms with Crippen LogP contribution in [-0.4, -0.2) is 28.5 Å². The minimum Gasteiger partial charge on any atom is -0.369 e. The first-order valence-electron chi connectivity index (χ1n) is 8.41. The van der Waals surface area contributed by atoms with Gasteiger partial charge in [0.2, 0.25) is 17.7 Å². The quantitative estimate of drug-likeness (QED) is 0.495. The third kappa shape index (κ3) is 2.25. The Balaban J connectivity index is 1.47. The van der Waals surface area contributed by atoms with E-state index in [0.717, 1.165) is 21.0 Å². The van der Waals surface area contributed by atoms with E-state index in [4.69, 9.17) is 5.73 Å². The number of nitrogens with zero attached hydrogens (tertiary/aromatic N) is 2. The number of allylic oxidation sites excluding steroid dienone is 2. The molecule has 2 fully saturated rings. The number of amides is 3. The van der Waals surface area contributed by atoms with Crippen molar-refractivity contribution >= 4 is 56.7 Å². The van der Waals surface area contributed by atoms with Crippen molar-refractivity contribution in [3.63, 3.8) is 0 Å². The highest BCUT2D eigenvalue weighted by molar-refractivity contribution is 8.01. The number of imide groups is 1. The lowest BCUT2D eigenvalue weighted by Gasteiger charge is -2.17. The van der Waals surface area contributed by atoms with E-state index in [1.807, 2.05) is 12.1 Å². The van der Waals surface area contributed by atoms with Gasteiger partial charge in [-0.2, -0.15) is 0 Å². The van der Waals surface area contributed by atoms with E-state index in [2.05, 4.69) is 17.1 Å². The molecule has 2 N–H and O–H groups in total. The Labute approximate surface area is 157 Å². The zero-order chi connectivity index (χ0) is 18.0. The first-order chi connectivity index (χ1) is 12.5. The number of anilines is 1. The highest BCUT2D eigenvalue weighted by Crippen LogP contribution is 2.53. The van der Waals surface area contributed by atoms with Gasteiger partial charge in [-0.15, -0.1) is 11.3 Å². The van der Waals surface area contributed by atoms with Crippen molar-refractivity contribution in [1.82, 2.24) is 4.98 Å². The molecule has 1 aliphatic heterocycles. The Kier molecular flexibility index (Phi) is 3.48. The normalized spacial score (nSPS) is 29.2. The summed E-state index contributed by atoms with van der Waals surface area (Å²) in [7, 11) is 0. The second-order valence-corrected chi connectivity index (χ2v) is 9.15. The van der Waals surface area contributed by atoms with Crippen molar-refractivity contribution in [2.24, 2.45) is 29.4 Å². The van der Waals surface area contributed by atoms with E-state index in [1.54, 1.807) is 6.07 Å². The number of fused-ring (bicyclic) bond motifs is 6. The summed E-state index contributed by atoms with van der Waals surface area (Å²) in [6, 6.07) is 5.43. The summed E-state index contributed by atoms with van der Waals surface area (Å²) >= 11 is 2.72. The molecular formula is C18H15N3O3S2. The van der Waals surface area contributed by atoms with Gasteiger partial charge in [0.05, 0.1) is 33.5 Å². The fraction of sp³-hybridized carbons (Fsp3) is 0.333. The minimum absolute atomic E-state index is 0.0796. The molecule has 26 heavy (non-hydrogen) atoms. The Morgan fingerprint density at radius 2 is 1.92 bits per heavy atom. The van der Waals surface area contributed by atoms with Crippen LogP contribution >= 0.6 is 23.1 Å². The minimum atomic E-state index is -0.391. The van der Waals surface area contributed by atoms with Crippen molar-refractivity contribution < 1.29 is 14.4 Å². The first-order valence-corrected chi connectivity index (χ1v) is 10.2. The molecule has 6 nitrogen and oxygen atoms in total. The first kappa shape index (κ1) is 16.0. The van der Waals surface area contributed by atoms with Crippen LogP contribution in [0.5, 0.6) is 0 Å². The van der Waals surface area contributed by atoms with Crippen molar-refractivity contribution in [1.29, 1.82) is 0 Å². The molecular weight excluding hydrogens is 370 g/mol. The number of aromatic nitrogens is 1. The van der Waals surface area contributed by atoms with Gasteiger partial charge in [0.15, 0.2) is 4.34 Å². The van der Waals surface area contributed by atoms with Gasteiger partial charge in [0, 0.05) is 0 Å². The molecule has 3 amide bonds. The maximum atomic E-state index is 12.9. The molecule has 0 spiro atoms. The summed E-state index contributed by atoms with van der Waals surface area (Å²) in [5.74, 6) is -0.362. The van der Waals surface area contributed by atoms with Crippen LogP contribution in [0.25, 0.3) is 10.2 Å². The van der Waals surface area contributed by atoms with Crippen molar-refractivity contribution in [2.75, 3.05) is 10.7 Å². The van der Waals surface area contributed by atoms with E-state index >= 15 is 0 Å². The molecule has 2 aliphatic carbocycles. The zero-order valence-corrected chi connectivity index (χ0v) is 15.3. The Bertz CT molecular complexity index is 969. The molecule has 8 heteroatoms. The standard InChI is InChI=1S/C18H15N3O3S2/c19-13(22)7-25-18-20-11-4-3-10(6-12(11)26-18)21-16(23)14-8-1-2-9(5-8)15(14)17(21)24/h1-4,6,8-9,14-15H,5,7H2,(H2,19,22)/t8-,9-,14-,15-/m0/s1. The van der Waals surface area contributed by atoms with Gasteiger partial charge < -0.3 is 5.73 Å². The molecule has 1 aromatic carbocycles. The number of thioether (sulfide) groups is 1. The largest absolute Gasteiger partial charge is 0.369 e. The van der Waals surface area contributed by atoms with Gasteiger partial charge in [-0.1, -0.05) is 23.9 Å². The number of hydrogen-bond acceptors (Lipinski definition) is 6. The van der Waals surface area contributed by atoms with Gasteiger partial charge in [-0.05, 0) is 36.5 Å². The van der Waals surface area contributed by atoms with Gasteiger partial charge >= 0.3 is 0 Å². The molecule has 1 saturated carbocycles. The van der Waals surface area contributed by atoms with Gasteiger partial charge in [0.1, 0.15) is 0 Å². The molecule has 0 radical (unpaired) electrons. The number of primary amides is 1. The number of nitrogens with two attached hydrogens (primary N) is 1. The van der Waals surface area contributed by atoms with Crippen LogP contribution in [0, 0.1) is 23.7 Å². The third-order valence-corrected chi connectivity index (χ3v) is 7.60. The van der Waals surface area contributed by atoms with E-state index in [1.165, 1.54) is 28.0 Å². The fourth-order valence-electron chi connectivity index (χ4n) is 4.38. The molecule has 1 aromatic heterocycles. The number of carbonyl (C=O) groups excluding carboxylic acids is 3. The molecule has 0 unspecified atom stereocenters. The van der Waals surface area contributed by atoms with Crippen molar-refractivity contribution in [2.45, 2.75) is 10.8 Å². The lowest BCUT2D eigenvalue weighted by atomic mass is 9.85. The molecule has 4 atom stereocenters. The van der Waals surface area contributed by atoms with Gasteiger partial charge in [-0.3, -0.25) is 14.4 Å². The Morgan fingerprint density at radius 1 is 1.23 bits per heavy atom. The van der Waals surface area contributed by atoms with Crippen LogP contribution in [0.4, 0.5) is 5.69 Å². The number of rotatable bonds is 4. The highest BCUT2D eigenvalue weighted by Gasteiger charge is 2.59. The molecule has 2 bridgehead atoms. The number of hydrogen-bond donors (Lipinski definition) is 1. The number of thiazole rings is 1. The smallest absolute Gasteiger partial charge is 0.238 e. The highest BCUT2D eigenvalue weighted by atomic mass is 32.2. The fourth-order valence-corrected chi connectivity index (χ4v) is 6.22. The number of benzene rings is 1. The van der Waals surface area contributed by atoms with Crippen LogP contribution in [0.3, 0.4) is 0 Å². The van der Waals surface area contributed by atoms with Crippen LogP contribution in [0.2, 0.25) is 0 Å². The average molecular weight is 385 g/mol. The monoisotopic (exact) mass is 385 g/mol.